The predicted molar refractivity (Wildman–Crippen MR) is 51.7 cm³/mol. The second-order valence-electron chi connectivity index (χ2n) is 3.44. The average molecular weight is 155 g/mol. The molecule has 2 atom stereocenters. The zero-order valence-electron chi connectivity index (χ0n) is 8.28. The van der Waals surface area contributed by atoms with Crippen molar-refractivity contribution in [3.63, 3.8) is 0 Å². The maximum atomic E-state index is 3.92. The number of rotatable bonds is 5. The SMILES string of the molecule is C=C(C)CC(NC)C(C)CC. The Morgan fingerprint density at radius 2 is 2.09 bits per heavy atom. The molecule has 0 aromatic heterocycles. The summed E-state index contributed by atoms with van der Waals surface area (Å²) in [6, 6.07) is 0.609. The van der Waals surface area contributed by atoms with Crippen LogP contribution in [-0.2, 0) is 0 Å². The summed E-state index contributed by atoms with van der Waals surface area (Å²) in [7, 11) is 2.03. The highest BCUT2D eigenvalue weighted by atomic mass is 14.9. The summed E-state index contributed by atoms with van der Waals surface area (Å²) in [6.45, 7) is 10.5. The van der Waals surface area contributed by atoms with Gasteiger partial charge in [0.1, 0.15) is 0 Å². The third kappa shape index (κ3) is 4.20. The van der Waals surface area contributed by atoms with E-state index in [0.29, 0.717) is 6.04 Å². The van der Waals surface area contributed by atoms with E-state index >= 15 is 0 Å². The van der Waals surface area contributed by atoms with Gasteiger partial charge >= 0.3 is 0 Å². The molecule has 11 heavy (non-hydrogen) atoms. The van der Waals surface area contributed by atoms with Crippen molar-refractivity contribution >= 4 is 0 Å². The van der Waals surface area contributed by atoms with Crippen LogP contribution >= 0.6 is 0 Å². The highest BCUT2D eigenvalue weighted by molar-refractivity contribution is 4.93. The summed E-state index contributed by atoms with van der Waals surface area (Å²) in [5.41, 5.74) is 1.27. The molecule has 0 aromatic rings. The second kappa shape index (κ2) is 5.36. The Hall–Kier alpha value is -0.300. The molecule has 0 aliphatic carbocycles. The van der Waals surface area contributed by atoms with Gasteiger partial charge in [-0.05, 0) is 26.3 Å². The minimum atomic E-state index is 0.609. The van der Waals surface area contributed by atoms with Crippen LogP contribution in [0.1, 0.15) is 33.6 Å². The first-order chi connectivity index (χ1) is 5.11. The molecule has 0 aromatic carbocycles. The quantitative estimate of drug-likeness (QED) is 0.602. The lowest BCUT2D eigenvalue weighted by Crippen LogP contribution is -2.31. The fourth-order valence-corrected chi connectivity index (χ4v) is 1.25. The molecule has 2 unspecified atom stereocenters. The maximum Gasteiger partial charge on any atom is 0.0126 e. The normalized spacial score (nSPS) is 16.0. The van der Waals surface area contributed by atoms with Crippen LogP contribution < -0.4 is 5.32 Å². The standard InChI is InChI=1S/C10H21N/c1-6-9(4)10(11-5)7-8(2)3/h9-11H,2,6-7H2,1,3-5H3. The molecule has 1 nitrogen and oxygen atoms in total. The third-order valence-electron chi connectivity index (χ3n) is 2.27. The summed E-state index contributed by atoms with van der Waals surface area (Å²) in [5, 5.41) is 3.32. The van der Waals surface area contributed by atoms with Gasteiger partial charge in [0.05, 0.1) is 0 Å². The van der Waals surface area contributed by atoms with Crippen LogP contribution in [0, 0.1) is 5.92 Å². The van der Waals surface area contributed by atoms with Crippen LogP contribution in [0.25, 0.3) is 0 Å². The van der Waals surface area contributed by atoms with Gasteiger partial charge in [-0.15, -0.1) is 6.58 Å². The van der Waals surface area contributed by atoms with Crippen molar-refractivity contribution in [1.82, 2.24) is 5.32 Å². The zero-order chi connectivity index (χ0) is 8.85. The molecule has 0 aliphatic rings. The predicted octanol–water partition coefficient (Wildman–Crippen LogP) is 2.59. The molecule has 0 amide bonds. The van der Waals surface area contributed by atoms with E-state index in [2.05, 4.69) is 32.7 Å². The van der Waals surface area contributed by atoms with Gasteiger partial charge in [-0.25, -0.2) is 0 Å². The number of hydrogen-bond donors (Lipinski definition) is 1. The second-order valence-corrected chi connectivity index (χ2v) is 3.44. The minimum Gasteiger partial charge on any atom is -0.316 e. The molecular weight excluding hydrogens is 134 g/mol. The van der Waals surface area contributed by atoms with E-state index in [-0.39, 0.29) is 0 Å². The molecule has 66 valence electrons. The van der Waals surface area contributed by atoms with E-state index in [1.165, 1.54) is 12.0 Å². The van der Waals surface area contributed by atoms with Crippen LogP contribution in [0.15, 0.2) is 12.2 Å². The van der Waals surface area contributed by atoms with Crippen molar-refractivity contribution in [1.29, 1.82) is 0 Å². The molecule has 0 bridgehead atoms. The Labute approximate surface area is 70.9 Å². The minimum absolute atomic E-state index is 0.609. The first-order valence-corrected chi connectivity index (χ1v) is 4.43. The Morgan fingerprint density at radius 1 is 1.55 bits per heavy atom. The van der Waals surface area contributed by atoms with Crippen LogP contribution in [0.5, 0.6) is 0 Å². The Bertz CT molecular complexity index is 118. The van der Waals surface area contributed by atoms with Crippen LogP contribution in [0.2, 0.25) is 0 Å². The zero-order valence-corrected chi connectivity index (χ0v) is 8.28. The van der Waals surface area contributed by atoms with Crippen LogP contribution in [0.3, 0.4) is 0 Å². The monoisotopic (exact) mass is 155 g/mol. The Morgan fingerprint density at radius 3 is 2.36 bits per heavy atom. The van der Waals surface area contributed by atoms with E-state index in [9.17, 15) is 0 Å². The lowest BCUT2D eigenvalue weighted by atomic mass is 9.94. The van der Waals surface area contributed by atoms with Crippen molar-refractivity contribution in [2.24, 2.45) is 5.92 Å². The third-order valence-corrected chi connectivity index (χ3v) is 2.27. The van der Waals surface area contributed by atoms with Crippen molar-refractivity contribution in [2.75, 3.05) is 7.05 Å². The van der Waals surface area contributed by atoms with Gasteiger partial charge in [0, 0.05) is 6.04 Å². The molecule has 0 fully saturated rings. The highest BCUT2D eigenvalue weighted by Crippen LogP contribution is 2.13. The van der Waals surface area contributed by atoms with E-state index in [0.717, 1.165) is 12.3 Å². The van der Waals surface area contributed by atoms with E-state index in [1.54, 1.807) is 0 Å². The summed E-state index contributed by atoms with van der Waals surface area (Å²) in [4.78, 5) is 0. The van der Waals surface area contributed by atoms with Gasteiger partial charge in [0.2, 0.25) is 0 Å². The maximum absolute atomic E-state index is 3.92. The molecule has 0 heterocycles. The first kappa shape index (κ1) is 10.7. The summed E-state index contributed by atoms with van der Waals surface area (Å²) < 4.78 is 0. The number of nitrogens with one attached hydrogen (secondary N) is 1. The van der Waals surface area contributed by atoms with Crippen molar-refractivity contribution in [3.8, 4) is 0 Å². The molecule has 0 aliphatic heterocycles. The van der Waals surface area contributed by atoms with E-state index in [4.69, 9.17) is 0 Å². The van der Waals surface area contributed by atoms with Gasteiger partial charge in [0.25, 0.3) is 0 Å². The summed E-state index contributed by atoms with van der Waals surface area (Å²) in [6.07, 6.45) is 2.34. The van der Waals surface area contributed by atoms with Gasteiger partial charge in [-0.1, -0.05) is 25.8 Å². The molecule has 1 N–H and O–H groups in total. The Balaban J connectivity index is 3.84. The van der Waals surface area contributed by atoms with Gasteiger partial charge in [-0.3, -0.25) is 0 Å². The molecule has 0 radical (unpaired) electrons. The van der Waals surface area contributed by atoms with Crippen molar-refractivity contribution < 1.29 is 0 Å². The molecule has 1 heteroatoms. The summed E-state index contributed by atoms with van der Waals surface area (Å²) in [5.74, 6) is 0.747. The lowest BCUT2D eigenvalue weighted by Gasteiger charge is -2.22. The molecule has 0 saturated heterocycles. The van der Waals surface area contributed by atoms with Gasteiger partial charge in [-0.2, -0.15) is 0 Å². The average Bonchev–Trinajstić information content (AvgIpc) is 1.98. The van der Waals surface area contributed by atoms with Gasteiger partial charge in [0.15, 0.2) is 0 Å². The molecule has 0 spiro atoms. The topological polar surface area (TPSA) is 12.0 Å². The fraction of sp³-hybridized carbons (Fsp3) is 0.800. The molecule has 0 rings (SSSR count). The number of hydrogen-bond acceptors (Lipinski definition) is 1. The highest BCUT2D eigenvalue weighted by Gasteiger charge is 2.12. The fourth-order valence-electron chi connectivity index (χ4n) is 1.25. The van der Waals surface area contributed by atoms with Crippen molar-refractivity contribution in [3.05, 3.63) is 12.2 Å². The summed E-state index contributed by atoms with van der Waals surface area (Å²) >= 11 is 0. The van der Waals surface area contributed by atoms with Gasteiger partial charge < -0.3 is 5.32 Å². The molecular formula is C10H21N. The van der Waals surface area contributed by atoms with Crippen molar-refractivity contribution in [2.45, 2.75) is 39.7 Å². The lowest BCUT2D eigenvalue weighted by molar-refractivity contribution is 0.386. The van der Waals surface area contributed by atoms with E-state index in [1.807, 2.05) is 7.05 Å². The molecule has 0 saturated carbocycles. The van der Waals surface area contributed by atoms with Crippen LogP contribution in [0.4, 0.5) is 0 Å². The Kier molecular flexibility index (Phi) is 5.22. The first-order valence-electron chi connectivity index (χ1n) is 4.43. The van der Waals surface area contributed by atoms with E-state index < -0.39 is 0 Å². The largest absolute Gasteiger partial charge is 0.316 e. The smallest absolute Gasteiger partial charge is 0.0126 e. The van der Waals surface area contributed by atoms with Crippen LogP contribution in [-0.4, -0.2) is 13.1 Å².